The van der Waals surface area contributed by atoms with Crippen LogP contribution in [-0.4, -0.2) is 72.1 Å². The number of nitrogens with zero attached hydrogens (tertiary/aromatic N) is 2. The number of carbonyl (C=O) groups is 4. The molecule has 0 spiro atoms. The maximum absolute atomic E-state index is 12.9. The van der Waals surface area contributed by atoms with Crippen LogP contribution in [0.1, 0.15) is 25.3 Å². The van der Waals surface area contributed by atoms with Crippen LogP contribution in [0.25, 0.3) is 0 Å². The molecule has 1 aliphatic carbocycles. The monoisotopic (exact) mass is 416 g/mol. The second-order valence-electron chi connectivity index (χ2n) is 8.11. The molecule has 2 aliphatic heterocycles. The van der Waals surface area contributed by atoms with Crippen molar-refractivity contribution >= 4 is 23.8 Å². The van der Waals surface area contributed by atoms with Crippen molar-refractivity contribution in [2.24, 2.45) is 0 Å². The van der Waals surface area contributed by atoms with Crippen LogP contribution in [0.2, 0.25) is 0 Å². The topological polar surface area (TPSA) is 117 Å². The van der Waals surface area contributed by atoms with Crippen molar-refractivity contribution in [2.45, 2.75) is 37.8 Å². The van der Waals surface area contributed by atoms with Crippen molar-refractivity contribution in [2.75, 3.05) is 26.9 Å². The molecule has 2 fully saturated rings. The standard InChI is InChI=1S/C20H24N4O6/c1-20(8-12-3-6-14-15(7-12)30-11-29-14)18(27)24(19(28)22-20)10-17(26)23(2)9-16(25)21-13-4-5-13/h3,6-7,13H,4-5,8-11H2,1-2H3,(H,21,25)(H,22,28)/t20-/m0/s1. The molecule has 0 radical (unpaired) electrons. The van der Waals surface area contributed by atoms with Crippen LogP contribution in [-0.2, 0) is 20.8 Å². The van der Waals surface area contributed by atoms with Crippen LogP contribution in [0.5, 0.6) is 11.5 Å². The molecule has 5 amide bonds. The Labute approximate surface area is 173 Å². The smallest absolute Gasteiger partial charge is 0.325 e. The van der Waals surface area contributed by atoms with E-state index >= 15 is 0 Å². The number of hydrogen-bond donors (Lipinski definition) is 2. The molecule has 30 heavy (non-hydrogen) atoms. The van der Waals surface area contributed by atoms with Gasteiger partial charge < -0.3 is 25.0 Å². The number of fused-ring (bicyclic) bond motifs is 1. The molecule has 1 saturated heterocycles. The minimum Gasteiger partial charge on any atom is -0.454 e. The summed E-state index contributed by atoms with van der Waals surface area (Å²) in [6, 6.07) is 4.90. The number of ether oxygens (including phenoxy) is 2. The molecule has 160 valence electrons. The molecule has 1 aromatic rings. The second kappa shape index (κ2) is 7.51. The minimum atomic E-state index is -1.19. The number of hydrogen-bond acceptors (Lipinski definition) is 6. The lowest BCUT2D eigenvalue weighted by molar-refractivity contribution is -0.139. The summed E-state index contributed by atoms with van der Waals surface area (Å²) < 4.78 is 10.6. The fourth-order valence-corrected chi connectivity index (χ4v) is 3.53. The summed E-state index contributed by atoms with van der Waals surface area (Å²) in [4.78, 5) is 51.8. The molecule has 1 aromatic carbocycles. The summed E-state index contributed by atoms with van der Waals surface area (Å²) in [5.41, 5.74) is -0.398. The first-order chi connectivity index (χ1) is 14.2. The van der Waals surface area contributed by atoms with Gasteiger partial charge >= 0.3 is 6.03 Å². The van der Waals surface area contributed by atoms with Crippen LogP contribution < -0.4 is 20.1 Å². The quantitative estimate of drug-likeness (QED) is 0.605. The van der Waals surface area contributed by atoms with E-state index in [2.05, 4.69) is 10.6 Å². The Kier molecular flexibility index (Phi) is 5.00. The van der Waals surface area contributed by atoms with E-state index in [1.54, 1.807) is 25.1 Å². The Morgan fingerprint density at radius 3 is 2.73 bits per heavy atom. The number of likely N-dealkylation sites (N-methyl/N-ethyl adjacent to an activating group) is 1. The van der Waals surface area contributed by atoms with Crippen molar-refractivity contribution < 1.29 is 28.7 Å². The molecule has 2 N–H and O–H groups in total. The lowest BCUT2D eigenvalue weighted by Crippen LogP contribution is -2.47. The molecule has 0 unspecified atom stereocenters. The SMILES string of the molecule is CN(CC(=O)NC1CC1)C(=O)CN1C(=O)N[C@@](C)(Cc2ccc3c(c2)OCO3)C1=O. The summed E-state index contributed by atoms with van der Waals surface area (Å²) in [7, 11) is 1.47. The molecular weight excluding hydrogens is 392 g/mol. The number of amides is 5. The summed E-state index contributed by atoms with van der Waals surface area (Å²) in [6.45, 7) is 1.23. The van der Waals surface area contributed by atoms with Gasteiger partial charge in [0.25, 0.3) is 5.91 Å². The number of imide groups is 1. The summed E-state index contributed by atoms with van der Waals surface area (Å²) in [6.07, 6.45) is 2.14. The van der Waals surface area contributed by atoms with Crippen LogP contribution in [0, 0.1) is 0 Å². The zero-order chi connectivity index (χ0) is 21.5. The Hall–Kier alpha value is -3.30. The maximum Gasteiger partial charge on any atom is 0.325 e. The highest BCUT2D eigenvalue weighted by Gasteiger charge is 2.48. The predicted molar refractivity (Wildman–Crippen MR) is 104 cm³/mol. The molecule has 1 atom stereocenters. The van der Waals surface area contributed by atoms with Gasteiger partial charge in [-0.25, -0.2) is 4.79 Å². The molecular formula is C20H24N4O6. The third-order valence-corrected chi connectivity index (χ3v) is 5.38. The number of urea groups is 1. The number of rotatable bonds is 7. The third-order valence-electron chi connectivity index (χ3n) is 5.38. The van der Waals surface area contributed by atoms with E-state index in [-0.39, 0.29) is 31.7 Å². The van der Waals surface area contributed by atoms with Gasteiger partial charge in [-0.15, -0.1) is 0 Å². The Balaban J connectivity index is 1.37. The number of carbonyl (C=O) groups excluding carboxylic acids is 4. The highest BCUT2D eigenvalue weighted by atomic mass is 16.7. The number of nitrogens with one attached hydrogen (secondary N) is 2. The van der Waals surface area contributed by atoms with Gasteiger partial charge in [-0.05, 0) is 37.5 Å². The average Bonchev–Trinajstić information content (AvgIpc) is 3.32. The molecule has 2 heterocycles. The van der Waals surface area contributed by atoms with Gasteiger partial charge in [-0.1, -0.05) is 6.07 Å². The molecule has 0 bridgehead atoms. The first kappa shape index (κ1) is 20.0. The minimum absolute atomic E-state index is 0.118. The van der Waals surface area contributed by atoms with Crippen molar-refractivity contribution in [3.05, 3.63) is 23.8 Å². The Morgan fingerprint density at radius 2 is 2.00 bits per heavy atom. The van der Waals surface area contributed by atoms with Crippen molar-refractivity contribution in [1.82, 2.24) is 20.4 Å². The zero-order valence-electron chi connectivity index (χ0n) is 16.9. The highest BCUT2D eigenvalue weighted by Crippen LogP contribution is 2.34. The maximum atomic E-state index is 12.9. The van der Waals surface area contributed by atoms with E-state index in [1.165, 1.54) is 11.9 Å². The molecule has 4 rings (SSSR count). The van der Waals surface area contributed by atoms with Gasteiger partial charge in [0.05, 0.1) is 6.54 Å². The largest absolute Gasteiger partial charge is 0.454 e. The van der Waals surface area contributed by atoms with Gasteiger partial charge in [-0.3, -0.25) is 19.3 Å². The van der Waals surface area contributed by atoms with E-state index in [4.69, 9.17) is 9.47 Å². The van der Waals surface area contributed by atoms with E-state index in [1.807, 2.05) is 0 Å². The predicted octanol–water partition coefficient (Wildman–Crippen LogP) is 0.00530. The first-order valence-corrected chi connectivity index (χ1v) is 9.81. The first-order valence-electron chi connectivity index (χ1n) is 9.81. The molecule has 10 nitrogen and oxygen atoms in total. The summed E-state index contributed by atoms with van der Waals surface area (Å²) >= 11 is 0. The Bertz CT molecular complexity index is 915. The molecule has 10 heteroatoms. The van der Waals surface area contributed by atoms with Gasteiger partial charge in [0, 0.05) is 19.5 Å². The van der Waals surface area contributed by atoms with Gasteiger partial charge in [0.2, 0.25) is 18.6 Å². The third kappa shape index (κ3) is 4.03. The van der Waals surface area contributed by atoms with Crippen molar-refractivity contribution in [1.29, 1.82) is 0 Å². The second-order valence-corrected chi connectivity index (χ2v) is 8.11. The van der Waals surface area contributed by atoms with E-state index in [9.17, 15) is 19.2 Å². The van der Waals surface area contributed by atoms with Gasteiger partial charge in [0.1, 0.15) is 12.1 Å². The van der Waals surface area contributed by atoms with E-state index in [0.717, 1.165) is 23.3 Å². The number of benzene rings is 1. The summed E-state index contributed by atoms with van der Waals surface area (Å²) in [5, 5.41) is 5.48. The van der Waals surface area contributed by atoms with Gasteiger partial charge in [-0.2, -0.15) is 0 Å². The molecule has 0 aromatic heterocycles. The Morgan fingerprint density at radius 1 is 1.27 bits per heavy atom. The molecule has 1 saturated carbocycles. The fourth-order valence-electron chi connectivity index (χ4n) is 3.53. The zero-order valence-corrected chi connectivity index (χ0v) is 16.9. The lowest BCUT2D eigenvalue weighted by Gasteiger charge is -2.23. The van der Waals surface area contributed by atoms with E-state index < -0.39 is 29.9 Å². The van der Waals surface area contributed by atoms with Gasteiger partial charge in [0.15, 0.2) is 11.5 Å². The van der Waals surface area contributed by atoms with E-state index in [0.29, 0.717) is 11.5 Å². The normalized spacial score (nSPS) is 22.1. The van der Waals surface area contributed by atoms with Crippen LogP contribution in [0.3, 0.4) is 0 Å². The highest BCUT2D eigenvalue weighted by molar-refractivity contribution is 6.09. The van der Waals surface area contributed by atoms with Crippen molar-refractivity contribution in [3.63, 3.8) is 0 Å². The van der Waals surface area contributed by atoms with Crippen LogP contribution in [0.15, 0.2) is 18.2 Å². The van der Waals surface area contributed by atoms with Crippen molar-refractivity contribution in [3.8, 4) is 11.5 Å². The summed E-state index contributed by atoms with van der Waals surface area (Å²) in [5.74, 6) is -0.0120. The molecule has 3 aliphatic rings. The fraction of sp³-hybridized carbons (Fsp3) is 0.500. The van der Waals surface area contributed by atoms with Crippen LogP contribution >= 0.6 is 0 Å². The lowest BCUT2D eigenvalue weighted by atomic mass is 9.92. The van der Waals surface area contributed by atoms with Crippen LogP contribution in [0.4, 0.5) is 4.79 Å². The average molecular weight is 416 g/mol.